The Bertz CT molecular complexity index is 355. The van der Waals surface area contributed by atoms with Crippen molar-refractivity contribution in [2.24, 2.45) is 0 Å². The van der Waals surface area contributed by atoms with E-state index in [0.717, 1.165) is 10.6 Å². The van der Waals surface area contributed by atoms with Crippen molar-refractivity contribution in [1.82, 2.24) is 0 Å². The second kappa shape index (κ2) is 5.63. The Labute approximate surface area is 92.4 Å². The molecule has 0 aliphatic carbocycles. The molecule has 5 heteroatoms. The van der Waals surface area contributed by atoms with Gasteiger partial charge in [0.1, 0.15) is 0 Å². The van der Waals surface area contributed by atoms with E-state index in [-0.39, 0.29) is 5.56 Å². The van der Waals surface area contributed by atoms with Gasteiger partial charge in [0.2, 0.25) is 0 Å². The zero-order chi connectivity index (χ0) is 11.3. The fraction of sp³-hybridized carbons (Fsp3) is 0.300. The molecule has 0 bridgehead atoms. The van der Waals surface area contributed by atoms with Crippen LogP contribution in [0.4, 0.5) is 5.69 Å². The SMILES string of the molecule is COCCSc1cccc(C(=O)O)c1N. The number of hydrogen-bond donors (Lipinski definition) is 2. The quantitative estimate of drug-likeness (QED) is 0.455. The summed E-state index contributed by atoms with van der Waals surface area (Å²) in [5, 5.41) is 8.85. The van der Waals surface area contributed by atoms with E-state index >= 15 is 0 Å². The summed E-state index contributed by atoms with van der Waals surface area (Å²) in [4.78, 5) is 11.6. The minimum absolute atomic E-state index is 0.150. The van der Waals surface area contributed by atoms with Crippen molar-refractivity contribution in [3.05, 3.63) is 23.8 Å². The molecule has 82 valence electrons. The predicted molar refractivity (Wildman–Crippen MR) is 60.4 cm³/mol. The summed E-state index contributed by atoms with van der Waals surface area (Å²) in [5.74, 6) is -0.245. The first-order valence-electron chi connectivity index (χ1n) is 4.40. The first kappa shape index (κ1) is 11.9. The zero-order valence-electron chi connectivity index (χ0n) is 8.40. The molecule has 1 aromatic carbocycles. The number of thioether (sulfide) groups is 1. The molecule has 0 aliphatic rings. The van der Waals surface area contributed by atoms with E-state index in [0.29, 0.717) is 12.3 Å². The number of carbonyl (C=O) groups is 1. The second-order valence-electron chi connectivity index (χ2n) is 2.86. The second-order valence-corrected chi connectivity index (χ2v) is 4.00. The van der Waals surface area contributed by atoms with Crippen molar-refractivity contribution in [1.29, 1.82) is 0 Å². The minimum atomic E-state index is -0.998. The third kappa shape index (κ3) is 3.14. The van der Waals surface area contributed by atoms with Gasteiger partial charge in [-0.25, -0.2) is 4.79 Å². The van der Waals surface area contributed by atoms with Crippen molar-refractivity contribution >= 4 is 23.4 Å². The maximum atomic E-state index is 10.8. The van der Waals surface area contributed by atoms with Crippen LogP contribution in [0.3, 0.4) is 0 Å². The summed E-state index contributed by atoms with van der Waals surface area (Å²) in [6.45, 7) is 0.613. The summed E-state index contributed by atoms with van der Waals surface area (Å²) in [6, 6.07) is 5.00. The number of anilines is 1. The first-order chi connectivity index (χ1) is 7.16. The van der Waals surface area contributed by atoms with Gasteiger partial charge in [0.05, 0.1) is 17.9 Å². The Balaban J connectivity index is 2.80. The molecule has 0 fully saturated rings. The van der Waals surface area contributed by atoms with Crippen LogP contribution in [0.1, 0.15) is 10.4 Å². The molecule has 0 aliphatic heterocycles. The number of nitrogens with two attached hydrogens (primary N) is 1. The maximum Gasteiger partial charge on any atom is 0.337 e. The Kier molecular flexibility index (Phi) is 4.45. The summed E-state index contributed by atoms with van der Waals surface area (Å²) >= 11 is 1.49. The van der Waals surface area contributed by atoms with Crippen molar-refractivity contribution in [3.63, 3.8) is 0 Å². The van der Waals surface area contributed by atoms with Gasteiger partial charge >= 0.3 is 5.97 Å². The number of aromatic carboxylic acids is 1. The first-order valence-corrected chi connectivity index (χ1v) is 5.39. The summed E-state index contributed by atoms with van der Waals surface area (Å²) in [6.07, 6.45) is 0. The third-order valence-corrected chi connectivity index (χ3v) is 2.88. The number of benzene rings is 1. The lowest BCUT2D eigenvalue weighted by molar-refractivity contribution is 0.0698. The topological polar surface area (TPSA) is 72.5 Å². The van der Waals surface area contributed by atoms with Gasteiger partial charge in [-0.1, -0.05) is 6.07 Å². The molecule has 0 radical (unpaired) electrons. The van der Waals surface area contributed by atoms with Crippen LogP contribution in [-0.4, -0.2) is 30.5 Å². The van der Waals surface area contributed by atoms with E-state index in [1.807, 2.05) is 6.07 Å². The number of nitrogen functional groups attached to an aromatic ring is 1. The predicted octanol–water partition coefficient (Wildman–Crippen LogP) is 1.71. The Morgan fingerprint density at radius 1 is 1.60 bits per heavy atom. The Morgan fingerprint density at radius 2 is 2.33 bits per heavy atom. The average molecular weight is 227 g/mol. The number of rotatable bonds is 5. The van der Waals surface area contributed by atoms with Gasteiger partial charge in [0, 0.05) is 17.8 Å². The molecule has 0 heterocycles. The highest BCUT2D eigenvalue weighted by Gasteiger charge is 2.10. The molecule has 1 aromatic rings. The number of carboxylic acid groups (broad SMARTS) is 1. The number of para-hydroxylation sites is 1. The van der Waals surface area contributed by atoms with E-state index in [4.69, 9.17) is 15.6 Å². The van der Waals surface area contributed by atoms with Crippen LogP contribution in [-0.2, 0) is 4.74 Å². The van der Waals surface area contributed by atoms with Crippen LogP contribution in [0, 0.1) is 0 Å². The van der Waals surface area contributed by atoms with E-state index in [9.17, 15) is 4.79 Å². The van der Waals surface area contributed by atoms with Gasteiger partial charge in [-0.05, 0) is 12.1 Å². The minimum Gasteiger partial charge on any atom is -0.478 e. The number of methoxy groups -OCH3 is 1. The lowest BCUT2D eigenvalue weighted by Crippen LogP contribution is -2.03. The van der Waals surface area contributed by atoms with E-state index in [2.05, 4.69) is 0 Å². The summed E-state index contributed by atoms with van der Waals surface area (Å²) in [7, 11) is 1.62. The van der Waals surface area contributed by atoms with Gasteiger partial charge < -0.3 is 15.6 Å². The fourth-order valence-corrected chi connectivity index (χ4v) is 2.00. The maximum absolute atomic E-state index is 10.8. The van der Waals surface area contributed by atoms with Gasteiger partial charge in [0.25, 0.3) is 0 Å². The molecular formula is C10H13NO3S. The smallest absolute Gasteiger partial charge is 0.337 e. The van der Waals surface area contributed by atoms with Crippen LogP contribution in [0.25, 0.3) is 0 Å². The lowest BCUT2D eigenvalue weighted by atomic mass is 10.2. The zero-order valence-corrected chi connectivity index (χ0v) is 9.21. The van der Waals surface area contributed by atoms with Crippen LogP contribution in [0.2, 0.25) is 0 Å². The summed E-state index contributed by atoms with van der Waals surface area (Å²) < 4.78 is 4.90. The van der Waals surface area contributed by atoms with E-state index in [1.54, 1.807) is 13.2 Å². The Hall–Kier alpha value is -1.20. The standard InChI is InChI=1S/C10H13NO3S/c1-14-5-6-15-8-4-2-3-7(9(8)11)10(12)13/h2-4H,5-6,11H2,1H3,(H,12,13). The molecule has 0 atom stereocenters. The molecule has 0 unspecified atom stereocenters. The van der Waals surface area contributed by atoms with Gasteiger partial charge in [-0.3, -0.25) is 0 Å². The largest absolute Gasteiger partial charge is 0.478 e. The van der Waals surface area contributed by atoms with E-state index in [1.165, 1.54) is 17.8 Å². The highest BCUT2D eigenvalue weighted by molar-refractivity contribution is 7.99. The van der Waals surface area contributed by atoms with Gasteiger partial charge in [-0.2, -0.15) is 0 Å². The fourth-order valence-electron chi connectivity index (χ4n) is 1.09. The number of hydrogen-bond acceptors (Lipinski definition) is 4. The molecule has 15 heavy (non-hydrogen) atoms. The van der Waals surface area contributed by atoms with Crippen molar-refractivity contribution < 1.29 is 14.6 Å². The summed E-state index contributed by atoms with van der Waals surface area (Å²) in [5.41, 5.74) is 6.20. The monoisotopic (exact) mass is 227 g/mol. The van der Waals surface area contributed by atoms with Crippen LogP contribution >= 0.6 is 11.8 Å². The number of ether oxygens (including phenoxy) is 1. The molecule has 0 saturated heterocycles. The van der Waals surface area contributed by atoms with Crippen molar-refractivity contribution in [2.45, 2.75) is 4.90 Å². The van der Waals surface area contributed by atoms with Crippen LogP contribution in [0.5, 0.6) is 0 Å². The normalized spacial score (nSPS) is 10.2. The van der Waals surface area contributed by atoms with Crippen LogP contribution < -0.4 is 5.73 Å². The van der Waals surface area contributed by atoms with Crippen LogP contribution in [0.15, 0.2) is 23.1 Å². The molecule has 3 N–H and O–H groups in total. The van der Waals surface area contributed by atoms with Gasteiger partial charge in [0.15, 0.2) is 0 Å². The molecule has 0 amide bonds. The molecule has 0 saturated carbocycles. The lowest BCUT2D eigenvalue weighted by Gasteiger charge is -2.07. The molecular weight excluding hydrogens is 214 g/mol. The Morgan fingerprint density at radius 3 is 2.93 bits per heavy atom. The highest BCUT2D eigenvalue weighted by atomic mass is 32.2. The molecule has 0 spiro atoms. The molecule has 0 aromatic heterocycles. The number of carboxylic acids is 1. The van der Waals surface area contributed by atoms with Gasteiger partial charge in [-0.15, -0.1) is 11.8 Å². The van der Waals surface area contributed by atoms with Crippen molar-refractivity contribution in [3.8, 4) is 0 Å². The molecule has 1 rings (SSSR count). The van der Waals surface area contributed by atoms with E-state index < -0.39 is 5.97 Å². The van der Waals surface area contributed by atoms with Crippen molar-refractivity contribution in [2.75, 3.05) is 25.2 Å². The molecule has 4 nitrogen and oxygen atoms in total. The average Bonchev–Trinajstić information content (AvgIpc) is 2.20. The third-order valence-electron chi connectivity index (χ3n) is 1.84. The highest BCUT2D eigenvalue weighted by Crippen LogP contribution is 2.27.